The van der Waals surface area contributed by atoms with Gasteiger partial charge < -0.3 is 23.9 Å². The molecule has 2 aliphatic heterocycles. The molecule has 1 atom stereocenters. The van der Waals surface area contributed by atoms with Gasteiger partial charge in [-0.05, 0) is 78.2 Å². The molecule has 6 aromatic rings. The molecule has 8 rings (SSSR count). The largest absolute Gasteiger partial charge is 0.508 e. The van der Waals surface area contributed by atoms with Gasteiger partial charge in [0.2, 0.25) is 0 Å². The zero-order chi connectivity index (χ0) is 38.4. The Morgan fingerprint density at radius 2 is 1.67 bits per heavy atom. The van der Waals surface area contributed by atoms with Gasteiger partial charge in [-0.15, -0.1) is 0 Å². The number of aromatic nitrogens is 3. The smallest absolute Gasteiger partial charge is 0.279 e. The maximum Gasteiger partial charge on any atom is 0.279 e. The number of alkyl halides is 2. The number of halogens is 3. The number of aromatic hydroxyl groups is 1. The van der Waals surface area contributed by atoms with Crippen molar-refractivity contribution in [2.24, 2.45) is 14.1 Å². The summed E-state index contributed by atoms with van der Waals surface area (Å²) in [5.41, 5.74) is 2.75. The van der Waals surface area contributed by atoms with Crippen LogP contribution in [0.3, 0.4) is 0 Å². The van der Waals surface area contributed by atoms with E-state index in [1.54, 1.807) is 11.0 Å². The Hall–Kier alpha value is -5.92. The number of phenols is 1. The first kappa shape index (κ1) is 36.1. The van der Waals surface area contributed by atoms with Crippen LogP contribution in [-0.4, -0.2) is 79.7 Å². The molecule has 2 aliphatic rings. The number of pyridine rings is 1. The third kappa shape index (κ3) is 6.85. The fourth-order valence-electron chi connectivity index (χ4n) is 7.82. The second-order valence-electron chi connectivity index (χ2n) is 14.0. The van der Waals surface area contributed by atoms with E-state index in [1.165, 1.54) is 60.6 Å². The molecule has 3 aromatic heterocycles. The molecule has 5 heterocycles. The summed E-state index contributed by atoms with van der Waals surface area (Å²) in [6.45, 7) is 3.59. The number of benzene rings is 3. The number of aryl methyl sites for hydroxylation is 1. The van der Waals surface area contributed by atoms with Crippen LogP contribution < -0.4 is 4.90 Å². The van der Waals surface area contributed by atoms with E-state index >= 15 is 13.2 Å². The van der Waals surface area contributed by atoms with Crippen LogP contribution in [0.25, 0.3) is 22.3 Å². The van der Waals surface area contributed by atoms with Crippen LogP contribution in [-0.2, 0) is 31.8 Å². The van der Waals surface area contributed by atoms with Gasteiger partial charge in [0, 0.05) is 80.4 Å². The molecule has 3 aromatic carbocycles. The van der Waals surface area contributed by atoms with Crippen molar-refractivity contribution in [3.8, 4) is 17.0 Å². The van der Waals surface area contributed by atoms with Crippen molar-refractivity contribution in [3.05, 3.63) is 131 Å². The lowest BCUT2D eigenvalue weighted by Crippen LogP contribution is -2.52. The molecule has 0 unspecified atom stereocenters. The standard InChI is InChI=1S/C42H39F3N6O4/c1-47-14-13-27-20-31(23-46-40(27)47)51(30-8-10-33(52)11-9-30)42(54)36-22-37(48(2)38(36)39(44)45)35-21-29(43)7-12-34(35)41(53)50-24-28-6-4-3-5-26(28)19-32(50)25-49-15-17-55-18-16-49/h3-14,20-23,32,39,52H,15-19,24-25H2,1-2H3/t32-/m0/s1. The summed E-state index contributed by atoms with van der Waals surface area (Å²) < 4.78 is 54.0. The Balaban J connectivity index is 1.22. The maximum atomic E-state index is 15.2. The second kappa shape index (κ2) is 14.7. The monoisotopic (exact) mass is 748 g/mol. The average molecular weight is 749 g/mol. The molecule has 1 saturated heterocycles. The molecule has 1 fully saturated rings. The van der Waals surface area contributed by atoms with E-state index in [0.717, 1.165) is 40.2 Å². The summed E-state index contributed by atoms with van der Waals surface area (Å²) in [4.78, 5) is 39.3. The van der Waals surface area contributed by atoms with Crippen molar-refractivity contribution in [1.82, 2.24) is 23.9 Å². The topological polar surface area (TPSA) is 96.1 Å². The van der Waals surface area contributed by atoms with E-state index in [0.29, 0.717) is 49.7 Å². The Kier molecular flexibility index (Phi) is 9.66. The number of rotatable bonds is 8. The zero-order valence-electron chi connectivity index (χ0n) is 30.3. The van der Waals surface area contributed by atoms with Gasteiger partial charge in [-0.1, -0.05) is 24.3 Å². The van der Waals surface area contributed by atoms with Crippen LogP contribution in [0.4, 0.5) is 24.5 Å². The molecule has 0 aliphatic carbocycles. The number of ether oxygens (including phenoxy) is 1. The summed E-state index contributed by atoms with van der Waals surface area (Å²) in [5, 5.41) is 10.8. The Bertz CT molecular complexity index is 2400. The van der Waals surface area contributed by atoms with E-state index in [4.69, 9.17) is 4.74 Å². The highest BCUT2D eigenvalue weighted by Gasteiger charge is 2.35. The molecule has 13 heteroatoms. The summed E-state index contributed by atoms with van der Waals surface area (Å²) in [6, 6.07) is 22.1. The van der Waals surface area contributed by atoms with Crippen LogP contribution in [0, 0.1) is 5.82 Å². The minimum Gasteiger partial charge on any atom is -0.508 e. The number of fused-ring (bicyclic) bond motifs is 2. The van der Waals surface area contributed by atoms with Crippen LogP contribution >= 0.6 is 0 Å². The number of carbonyl (C=O) groups is 2. The quantitative estimate of drug-likeness (QED) is 0.177. The highest BCUT2D eigenvalue weighted by Crippen LogP contribution is 2.38. The summed E-state index contributed by atoms with van der Waals surface area (Å²) >= 11 is 0. The van der Waals surface area contributed by atoms with E-state index in [1.807, 2.05) is 42.1 Å². The number of hydrogen-bond acceptors (Lipinski definition) is 6. The fourth-order valence-corrected chi connectivity index (χ4v) is 7.82. The summed E-state index contributed by atoms with van der Waals surface area (Å²) in [6.07, 6.45) is 0.799. The van der Waals surface area contributed by atoms with E-state index in [-0.39, 0.29) is 40.1 Å². The van der Waals surface area contributed by atoms with Gasteiger partial charge in [-0.3, -0.25) is 19.4 Å². The number of phenolic OH excluding ortho intramolecular Hbond substituents is 1. The number of amides is 2. The lowest BCUT2D eigenvalue weighted by atomic mass is 9.92. The Morgan fingerprint density at radius 3 is 2.42 bits per heavy atom. The highest BCUT2D eigenvalue weighted by molar-refractivity contribution is 6.13. The first-order chi connectivity index (χ1) is 26.6. The third-order valence-electron chi connectivity index (χ3n) is 10.7. The van der Waals surface area contributed by atoms with Crippen molar-refractivity contribution in [2.45, 2.75) is 25.4 Å². The maximum absolute atomic E-state index is 15.2. The zero-order valence-corrected chi connectivity index (χ0v) is 30.3. The normalized spacial score (nSPS) is 16.1. The lowest BCUT2D eigenvalue weighted by Gasteiger charge is -2.40. The SMILES string of the molecule is Cn1c(-c2cc(F)ccc2C(=O)N2Cc3ccccc3C[C@H]2CN2CCOCC2)cc(C(=O)N(c2ccc(O)cc2)c2cnc3c(ccn3C)c2)c1C(F)F. The molecular formula is C42H39F3N6O4. The molecule has 0 spiro atoms. The molecular weight excluding hydrogens is 709 g/mol. The third-order valence-corrected chi connectivity index (χ3v) is 10.7. The number of anilines is 2. The predicted octanol–water partition coefficient (Wildman–Crippen LogP) is 7.24. The van der Waals surface area contributed by atoms with Crippen molar-refractivity contribution < 1.29 is 32.6 Å². The van der Waals surface area contributed by atoms with Gasteiger partial charge in [0.15, 0.2) is 0 Å². The first-order valence-electron chi connectivity index (χ1n) is 18.1. The van der Waals surface area contributed by atoms with E-state index < -0.39 is 23.8 Å². The number of morpholine rings is 1. The van der Waals surface area contributed by atoms with Crippen LogP contribution in [0.1, 0.15) is 44.0 Å². The van der Waals surface area contributed by atoms with Gasteiger partial charge in [0.25, 0.3) is 18.2 Å². The number of hydrogen-bond donors (Lipinski definition) is 1. The van der Waals surface area contributed by atoms with Crippen molar-refractivity contribution >= 4 is 34.2 Å². The molecule has 2 amide bonds. The summed E-state index contributed by atoms with van der Waals surface area (Å²) in [5.74, 6) is -1.89. The molecule has 282 valence electrons. The van der Waals surface area contributed by atoms with E-state index in [2.05, 4.69) is 16.0 Å². The molecule has 55 heavy (non-hydrogen) atoms. The predicted molar refractivity (Wildman–Crippen MR) is 202 cm³/mol. The first-order valence-corrected chi connectivity index (χ1v) is 18.1. The Morgan fingerprint density at radius 1 is 0.927 bits per heavy atom. The van der Waals surface area contributed by atoms with Crippen molar-refractivity contribution in [3.63, 3.8) is 0 Å². The van der Waals surface area contributed by atoms with Crippen LogP contribution in [0.5, 0.6) is 5.75 Å². The van der Waals surface area contributed by atoms with Gasteiger partial charge in [0.05, 0.1) is 36.4 Å². The van der Waals surface area contributed by atoms with Crippen molar-refractivity contribution in [1.29, 1.82) is 0 Å². The molecule has 0 saturated carbocycles. The van der Waals surface area contributed by atoms with E-state index in [9.17, 15) is 14.7 Å². The van der Waals surface area contributed by atoms with Crippen LogP contribution in [0.15, 0.2) is 97.3 Å². The van der Waals surface area contributed by atoms with Crippen molar-refractivity contribution in [2.75, 3.05) is 37.7 Å². The van der Waals surface area contributed by atoms with Gasteiger partial charge in [-0.25, -0.2) is 18.2 Å². The van der Waals surface area contributed by atoms with Gasteiger partial charge in [0.1, 0.15) is 17.2 Å². The minimum atomic E-state index is -3.11. The molecule has 1 N–H and O–H groups in total. The van der Waals surface area contributed by atoms with Gasteiger partial charge in [-0.2, -0.15) is 0 Å². The van der Waals surface area contributed by atoms with Crippen LogP contribution in [0.2, 0.25) is 0 Å². The lowest BCUT2D eigenvalue weighted by molar-refractivity contribution is 0.0193. The number of nitrogens with zero attached hydrogens (tertiary/aromatic N) is 6. The summed E-state index contributed by atoms with van der Waals surface area (Å²) in [7, 11) is 3.21. The Labute approximate surface area is 315 Å². The highest BCUT2D eigenvalue weighted by atomic mass is 19.3. The second-order valence-corrected chi connectivity index (χ2v) is 14.0. The minimum absolute atomic E-state index is 0.0456. The molecule has 0 radical (unpaired) electrons. The average Bonchev–Trinajstić information content (AvgIpc) is 3.74. The molecule has 10 nitrogen and oxygen atoms in total. The molecule has 0 bridgehead atoms. The fraction of sp³-hybridized carbons (Fsp3) is 0.262. The van der Waals surface area contributed by atoms with Gasteiger partial charge >= 0.3 is 0 Å². The number of carbonyl (C=O) groups excluding carboxylic acids is 2.